The van der Waals surface area contributed by atoms with Crippen LogP contribution >= 0.6 is 0 Å². The predicted molar refractivity (Wildman–Crippen MR) is 81.2 cm³/mol. The lowest BCUT2D eigenvalue weighted by Crippen LogP contribution is -2.19. The smallest absolute Gasteiger partial charge is 0.245 e. The maximum absolute atomic E-state index is 11.8. The molecule has 2 aromatic rings. The van der Waals surface area contributed by atoms with E-state index in [-0.39, 0.29) is 5.91 Å². The van der Waals surface area contributed by atoms with Gasteiger partial charge in [0.15, 0.2) is 0 Å². The molecule has 0 saturated carbocycles. The van der Waals surface area contributed by atoms with Crippen LogP contribution in [-0.2, 0) is 11.2 Å². The summed E-state index contributed by atoms with van der Waals surface area (Å²) in [4.78, 5) is 11.8. The molecule has 0 radical (unpaired) electrons. The summed E-state index contributed by atoms with van der Waals surface area (Å²) in [7, 11) is 0. The highest BCUT2D eigenvalue weighted by Crippen LogP contribution is 2.35. The Kier molecular flexibility index (Phi) is 3.15. The lowest BCUT2D eigenvalue weighted by molar-refractivity contribution is -0.114. The first-order chi connectivity index (χ1) is 9.66. The molecule has 0 atom stereocenters. The Morgan fingerprint density at radius 1 is 1.00 bits per heavy atom. The van der Waals surface area contributed by atoms with Crippen molar-refractivity contribution in [3.63, 3.8) is 0 Å². The molecule has 2 nitrogen and oxygen atoms in total. The molecule has 2 N–H and O–H groups in total. The number of nitrogens with two attached hydrogens (primary N) is 1. The van der Waals surface area contributed by atoms with Crippen molar-refractivity contribution in [3.8, 4) is 0 Å². The lowest BCUT2D eigenvalue weighted by atomic mass is 9.82. The van der Waals surface area contributed by atoms with Crippen molar-refractivity contribution in [2.24, 2.45) is 5.73 Å². The molecular weight excluding hydrogens is 246 g/mol. The Labute approximate surface area is 118 Å². The third-order valence-electron chi connectivity index (χ3n) is 3.87. The number of amides is 1. The number of hydrogen-bond donors (Lipinski definition) is 1. The second kappa shape index (κ2) is 4.97. The Morgan fingerprint density at radius 3 is 2.40 bits per heavy atom. The van der Waals surface area contributed by atoms with Crippen LogP contribution in [0.3, 0.4) is 0 Å². The van der Waals surface area contributed by atoms with Crippen LogP contribution < -0.4 is 5.73 Å². The highest BCUT2D eigenvalue weighted by atomic mass is 16.1. The molecule has 0 heterocycles. The van der Waals surface area contributed by atoms with Gasteiger partial charge >= 0.3 is 0 Å². The van der Waals surface area contributed by atoms with Gasteiger partial charge in [-0.2, -0.15) is 0 Å². The van der Waals surface area contributed by atoms with Crippen LogP contribution in [0.5, 0.6) is 0 Å². The minimum absolute atomic E-state index is 0.310. The van der Waals surface area contributed by atoms with E-state index in [1.165, 1.54) is 11.1 Å². The summed E-state index contributed by atoms with van der Waals surface area (Å²) < 4.78 is 0. The highest BCUT2D eigenvalue weighted by molar-refractivity contribution is 6.05. The van der Waals surface area contributed by atoms with Crippen LogP contribution in [-0.4, -0.2) is 5.91 Å². The van der Waals surface area contributed by atoms with Crippen LogP contribution in [0.15, 0.2) is 54.1 Å². The van der Waals surface area contributed by atoms with Crippen molar-refractivity contribution in [2.75, 3.05) is 0 Å². The van der Waals surface area contributed by atoms with E-state index in [9.17, 15) is 4.79 Å². The van der Waals surface area contributed by atoms with Crippen molar-refractivity contribution >= 4 is 11.5 Å². The molecule has 1 amide bonds. The SMILES string of the molecule is Cc1ccc(C2=C(C(N)=O)CCc3ccccc32)cc1. The topological polar surface area (TPSA) is 43.1 Å². The van der Waals surface area contributed by atoms with Crippen LogP contribution in [0.25, 0.3) is 5.57 Å². The maximum atomic E-state index is 11.8. The molecule has 0 aromatic heterocycles. The second-order valence-corrected chi connectivity index (χ2v) is 5.24. The zero-order chi connectivity index (χ0) is 14.1. The fourth-order valence-electron chi connectivity index (χ4n) is 2.83. The molecule has 1 aliphatic rings. The summed E-state index contributed by atoms with van der Waals surface area (Å²) in [6.45, 7) is 2.06. The number of primary amides is 1. The van der Waals surface area contributed by atoms with E-state index in [1.807, 2.05) is 12.1 Å². The Balaban J connectivity index is 2.25. The molecule has 0 saturated heterocycles. The normalized spacial score (nSPS) is 14.1. The molecule has 3 rings (SSSR count). The largest absolute Gasteiger partial charge is 0.366 e. The molecule has 100 valence electrons. The quantitative estimate of drug-likeness (QED) is 0.888. The number of aryl methyl sites for hydroxylation is 2. The van der Waals surface area contributed by atoms with Gasteiger partial charge in [-0.15, -0.1) is 0 Å². The van der Waals surface area contributed by atoms with Crippen LogP contribution in [0.2, 0.25) is 0 Å². The summed E-state index contributed by atoms with van der Waals surface area (Å²) in [5, 5.41) is 0. The molecule has 0 fully saturated rings. The van der Waals surface area contributed by atoms with Crippen molar-refractivity contribution in [2.45, 2.75) is 19.8 Å². The van der Waals surface area contributed by atoms with Gasteiger partial charge in [-0.05, 0) is 42.0 Å². The summed E-state index contributed by atoms with van der Waals surface area (Å²) in [6, 6.07) is 16.5. The monoisotopic (exact) mass is 263 g/mol. The van der Waals surface area contributed by atoms with E-state index in [1.54, 1.807) is 0 Å². The molecule has 2 aromatic carbocycles. The fraction of sp³-hybridized carbons (Fsp3) is 0.167. The van der Waals surface area contributed by atoms with Gasteiger partial charge in [-0.25, -0.2) is 0 Å². The van der Waals surface area contributed by atoms with Gasteiger partial charge in [-0.1, -0.05) is 54.1 Å². The first-order valence-electron chi connectivity index (χ1n) is 6.85. The summed E-state index contributed by atoms with van der Waals surface area (Å²) in [6.07, 6.45) is 1.60. The molecule has 0 spiro atoms. The Morgan fingerprint density at radius 2 is 1.70 bits per heavy atom. The van der Waals surface area contributed by atoms with Gasteiger partial charge in [-0.3, -0.25) is 4.79 Å². The van der Waals surface area contributed by atoms with Crippen molar-refractivity contribution in [1.29, 1.82) is 0 Å². The van der Waals surface area contributed by atoms with Gasteiger partial charge in [0.25, 0.3) is 0 Å². The zero-order valence-corrected chi connectivity index (χ0v) is 11.5. The standard InChI is InChI=1S/C18H17NO/c1-12-6-8-14(9-7-12)17-15-5-3-2-4-13(15)10-11-16(17)18(19)20/h2-9H,10-11H2,1H3,(H2,19,20). The molecule has 0 unspecified atom stereocenters. The van der Waals surface area contributed by atoms with E-state index >= 15 is 0 Å². The number of fused-ring (bicyclic) bond motifs is 1. The fourth-order valence-corrected chi connectivity index (χ4v) is 2.83. The van der Waals surface area contributed by atoms with E-state index in [4.69, 9.17) is 5.73 Å². The van der Waals surface area contributed by atoms with Crippen LogP contribution in [0.4, 0.5) is 0 Å². The zero-order valence-electron chi connectivity index (χ0n) is 11.5. The van der Waals surface area contributed by atoms with Crippen LogP contribution in [0.1, 0.15) is 28.7 Å². The summed E-state index contributed by atoms with van der Waals surface area (Å²) in [5.41, 5.74) is 12.0. The average Bonchev–Trinajstić information content (AvgIpc) is 2.47. The summed E-state index contributed by atoms with van der Waals surface area (Å²) in [5.74, 6) is -0.310. The molecule has 2 heteroatoms. The molecule has 1 aliphatic carbocycles. The van der Waals surface area contributed by atoms with Gasteiger partial charge in [0.2, 0.25) is 5.91 Å². The Bertz CT molecular complexity index is 696. The Hall–Kier alpha value is -2.35. The van der Waals surface area contributed by atoms with Gasteiger partial charge in [0.1, 0.15) is 0 Å². The second-order valence-electron chi connectivity index (χ2n) is 5.24. The van der Waals surface area contributed by atoms with Crippen molar-refractivity contribution in [3.05, 3.63) is 76.4 Å². The van der Waals surface area contributed by atoms with E-state index in [0.717, 1.165) is 35.1 Å². The molecule has 20 heavy (non-hydrogen) atoms. The lowest BCUT2D eigenvalue weighted by Gasteiger charge is -2.22. The van der Waals surface area contributed by atoms with Crippen molar-refractivity contribution < 1.29 is 4.79 Å². The van der Waals surface area contributed by atoms with Gasteiger partial charge in [0.05, 0.1) is 0 Å². The third-order valence-corrected chi connectivity index (χ3v) is 3.87. The minimum Gasteiger partial charge on any atom is -0.366 e. The maximum Gasteiger partial charge on any atom is 0.245 e. The van der Waals surface area contributed by atoms with Crippen molar-refractivity contribution in [1.82, 2.24) is 0 Å². The van der Waals surface area contributed by atoms with E-state index in [2.05, 4.69) is 43.3 Å². The van der Waals surface area contributed by atoms with Crippen LogP contribution in [0, 0.1) is 6.92 Å². The number of rotatable bonds is 2. The number of carbonyl (C=O) groups excluding carboxylic acids is 1. The van der Waals surface area contributed by atoms with Gasteiger partial charge in [0, 0.05) is 5.57 Å². The van der Waals surface area contributed by atoms with E-state index in [0.29, 0.717) is 0 Å². The minimum atomic E-state index is -0.310. The predicted octanol–water partition coefficient (Wildman–Crippen LogP) is 3.23. The third kappa shape index (κ3) is 2.14. The first kappa shape index (κ1) is 12.7. The highest BCUT2D eigenvalue weighted by Gasteiger charge is 2.22. The van der Waals surface area contributed by atoms with Gasteiger partial charge < -0.3 is 5.73 Å². The molecule has 0 bridgehead atoms. The molecule has 0 aliphatic heterocycles. The number of hydrogen-bond acceptors (Lipinski definition) is 1. The summed E-state index contributed by atoms with van der Waals surface area (Å²) >= 11 is 0. The first-order valence-corrected chi connectivity index (χ1v) is 6.85. The van der Waals surface area contributed by atoms with E-state index < -0.39 is 0 Å². The molecular formula is C18H17NO. The average molecular weight is 263 g/mol. The number of carbonyl (C=O) groups is 1. The number of benzene rings is 2.